The molecule has 3 aromatic carbocycles. The first-order valence-electron chi connectivity index (χ1n) is 14.1. The van der Waals surface area contributed by atoms with E-state index in [1.54, 1.807) is 6.92 Å². The van der Waals surface area contributed by atoms with Gasteiger partial charge in [0.2, 0.25) is 0 Å². The van der Waals surface area contributed by atoms with Gasteiger partial charge in [0.1, 0.15) is 0 Å². The van der Waals surface area contributed by atoms with E-state index in [1.807, 2.05) is 36.4 Å². The molecule has 0 spiro atoms. The number of aliphatic hydroxyl groups is 3. The molecule has 1 aliphatic heterocycles. The summed E-state index contributed by atoms with van der Waals surface area (Å²) in [4.78, 5) is 6.59. The van der Waals surface area contributed by atoms with Crippen LogP contribution >= 0.6 is 0 Å². The molecule has 6 nitrogen and oxygen atoms in total. The predicted octanol–water partition coefficient (Wildman–Crippen LogP) is 5.28. The SMILES string of the molecule is CC(O)(CCOO)c1ccc(C(O)CCCN2CCC(C(CO)(c3ccccc3)c3ccccc3)CC2)cc1. The van der Waals surface area contributed by atoms with Crippen LogP contribution in [0.25, 0.3) is 0 Å². The third-order valence-corrected chi connectivity index (χ3v) is 8.66. The first-order chi connectivity index (χ1) is 18.9. The Hall–Kier alpha value is -2.58. The van der Waals surface area contributed by atoms with Gasteiger partial charge >= 0.3 is 0 Å². The molecule has 4 N–H and O–H groups in total. The van der Waals surface area contributed by atoms with E-state index < -0.39 is 17.1 Å². The van der Waals surface area contributed by atoms with Gasteiger partial charge in [-0.1, -0.05) is 84.9 Å². The second kappa shape index (κ2) is 13.7. The highest BCUT2D eigenvalue weighted by Crippen LogP contribution is 2.44. The van der Waals surface area contributed by atoms with Crippen molar-refractivity contribution in [2.75, 3.05) is 32.8 Å². The Morgan fingerprint density at radius 2 is 1.44 bits per heavy atom. The average molecular weight is 534 g/mol. The molecule has 1 aliphatic rings. The van der Waals surface area contributed by atoms with Crippen LogP contribution in [-0.2, 0) is 15.9 Å². The van der Waals surface area contributed by atoms with Gasteiger partial charge in [-0.2, -0.15) is 0 Å². The highest BCUT2D eigenvalue weighted by Gasteiger charge is 2.42. The molecular formula is C33H43NO5. The molecule has 2 atom stereocenters. The second-order valence-electron chi connectivity index (χ2n) is 11.1. The Morgan fingerprint density at radius 1 is 0.872 bits per heavy atom. The standard InChI is InChI=1S/C33H43NO5/c1-32(37,20-24-39-38)27-16-14-26(15-17-27)31(36)13-8-21-34-22-18-30(19-23-34)33(25-35,28-9-4-2-5-10-28)29-11-6-3-7-12-29/h2-7,9-12,14-17,30-31,35-38H,8,13,18-25H2,1H3. The summed E-state index contributed by atoms with van der Waals surface area (Å²) in [7, 11) is 0. The zero-order valence-corrected chi connectivity index (χ0v) is 23.0. The van der Waals surface area contributed by atoms with Crippen LogP contribution in [0.1, 0.15) is 67.4 Å². The molecule has 4 rings (SSSR count). The van der Waals surface area contributed by atoms with Gasteiger partial charge in [-0.15, -0.1) is 0 Å². The summed E-state index contributed by atoms with van der Waals surface area (Å²) in [5, 5.41) is 40.7. The maximum absolute atomic E-state index is 10.8. The molecular weight excluding hydrogens is 490 g/mol. The fraction of sp³-hybridized carbons (Fsp3) is 0.455. The fourth-order valence-corrected chi connectivity index (χ4v) is 6.20. The molecule has 39 heavy (non-hydrogen) atoms. The molecule has 0 saturated carbocycles. The highest BCUT2D eigenvalue weighted by molar-refractivity contribution is 5.41. The lowest BCUT2D eigenvalue weighted by Crippen LogP contribution is -2.46. The van der Waals surface area contributed by atoms with Crippen LogP contribution in [-0.4, -0.2) is 58.3 Å². The third-order valence-electron chi connectivity index (χ3n) is 8.66. The van der Waals surface area contributed by atoms with Crippen molar-refractivity contribution in [1.82, 2.24) is 4.90 Å². The molecule has 0 aromatic heterocycles. The molecule has 0 radical (unpaired) electrons. The Labute approximate surface area is 232 Å². The van der Waals surface area contributed by atoms with Gasteiger partial charge in [-0.3, -0.25) is 5.26 Å². The summed E-state index contributed by atoms with van der Waals surface area (Å²) in [6.45, 7) is 4.70. The van der Waals surface area contributed by atoms with Crippen LogP contribution < -0.4 is 0 Å². The van der Waals surface area contributed by atoms with Crippen molar-refractivity contribution in [1.29, 1.82) is 0 Å². The molecule has 0 aliphatic carbocycles. The lowest BCUT2D eigenvalue weighted by molar-refractivity contribution is -0.249. The first-order valence-corrected chi connectivity index (χ1v) is 14.1. The Morgan fingerprint density at radius 3 is 1.95 bits per heavy atom. The minimum atomic E-state index is -1.10. The van der Waals surface area contributed by atoms with Gasteiger partial charge in [0.15, 0.2) is 0 Å². The Balaban J connectivity index is 1.31. The van der Waals surface area contributed by atoms with E-state index in [4.69, 9.17) is 5.26 Å². The molecule has 210 valence electrons. The Bertz CT molecular complexity index is 1070. The van der Waals surface area contributed by atoms with Crippen molar-refractivity contribution in [3.63, 3.8) is 0 Å². The summed E-state index contributed by atoms with van der Waals surface area (Å²) < 4.78 is 0. The van der Waals surface area contributed by atoms with E-state index in [1.165, 1.54) is 11.1 Å². The van der Waals surface area contributed by atoms with Crippen molar-refractivity contribution in [3.05, 3.63) is 107 Å². The Kier molecular flexibility index (Phi) is 10.3. The minimum absolute atomic E-state index is 0.0497. The number of aliphatic hydroxyl groups excluding tert-OH is 2. The summed E-state index contributed by atoms with van der Waals surface area (Å²) in [5.41, 5.74) is 2.40. The van der Waals surface area contributed by atoms with Crippen molar-refractivity contribution < 1.29 is 25.5 Å². The summed E-state index contributed by atoms with van der Waals surface area (Å²) in [6, 6.07) is 28.3. The summed E-state index contributed by atoms with van der Waals surface area (Å²) >= 11 is 0. The molecule has 2 unspecified atom stereocenters. The smallest absolute Gasteiger partial charge is 0.0891 e. The van der Waals surface area contributed by atoms with Gasteiger partial charge in [-0.05, 0) is 80.4 Å². The van der Waals surface area contributed by atoms with E-state index in [2.05, 4.69) is 58.3 Å². The maximum Gasteiger partial charge on any atom is 0.0891 e. The van der Waals surface area contributed by atoms with Crippen LogP contribution in [0, 0.1) is 5.92 Å². The number of likely N-dealkylation sites (tertiary alicyclic amines) is 1. The predicted molar refractivity (Wildman–Crippen MR) is 153 cm³/mol. The van der Waals surface area contributed by atoms with E-state index in [0.29, 0.717) is 12.3 Å². The minimum Gasteiger partial charge on any atom is -0.395 e. The van der Waals surface area contributed by atoms with Crippen LogP contribution in [0.4, 0.5) is 0 Å². The second-order valence-corrected chi connectivity index (χ2v) is 11.1. The van der Waals surface area contributed by atoms with Crippen molar-refractivity contribution in [2.45, 2.75) is 56.1 Å². The number of nitrogens with zero attached hydrogens (tertiary/aromatic N) is 1. The molecule has 1 saturated heterocycles. The largest absolute Gasteiger partial charge is 0.395 e. The number of rotatable bonds is 13. The molecule has 1 fully saturated rings. The number of benzene rings is 3. The van der Waals surface area contributed by atoms with Gasteiger partial charge in [-0.25, -0.2) is 4.89 Å². The zero-order valence-electron chi connectivity index (χ0n) is 23.0. The number of hydrogen-bond donors (Lipinski definition) is 4. The lowest BCUT2D eigenvalue weighted by Gasteiger charge is -2.45. The first kappa shape index (κ1) is 29.4. The van der Waals surface area contributed by atoms with Crippen LogP contribution in [0.5, 0.6) is 0 Å². The fourth-order valence-electron chi connectivity index (χ4n) is 6.20. The molecule has 0 amide bonds. The van der Waals surface area contributed by atoms with Gasteiger partial charge < -0.3 is 20.2 Å². The zero-order chi connectivity index (χ0) is 27.7. The molecule has 3 aromatic rings. The van der Waals surface area contributed by atoms with Crippen LogP contribution in [0.15, 0.2) is 84.9 Å². The topological polar surface area (TPSA) is 93.4 Å². The monoisotopic (exact) mass is 533 g/mol. The molecule has 1 heterocycles. The normalized spacial score (nSPS) is 17.6. The molecule has 0 bridgehead atoms. The van der Waals surface area contributed by atoms with E-state index >= 15 is 0 Å². The maximum atomic E-state index is 10.8. The third kappa shape index (κ3) is 6.95. The van der Waals surface area contributed by atoms with Crippen LogP contribution in [0.2, 0.25) is 0 Å². The lowest BCUT2D eigenvalue weighted by atomic mass is 9.63. The number of piperidine rings is 1. The summed E-state index contributed by atoms with van der Waals surface area (Å²) in [5.74, 6) is 0.341. The van der Waals surface area contributed by atoms with Crippen LogP contribution in [0.3, 0.4) is 0 Å². The average Bonchev–Trinajstić information content (AvgIpc) is 2.99. The van der Waals surface area contributed by atoms with Crippen molar-refractivity contribution in [2.24, 2.45) is 5.92 Å². The highest BCUT2D eigenvalue weighted by atomic mass is 17.1. The van der Waals surface area contributed by atoms with Gasteiger partial charge in [0, 0.05) is 11.8 Å². The van der Waals surface area contributed by atoms with E-state index in [9.17, 15) is 15.3 Å². The van der Waals surface area contributed by atoms with Gasteiger partial charge in [0.25, 0.3) is 0 Å². The number of hydrogen-bond acceptors (Lipinski definition) is 6. The van der Waals surface area contributed by atoms with E-state index in [0.717, 1.165) is 50.0 Å². The van der Waals surface area contributed by atoms with Gasteiger partial charge in [0.05, 0.1) is 24.9 Å². The molecule has 6 heteroatoms. The van der Waals surface area contributed by atoms with Crippen molar-refractivity contribution in [3.8, 4) is 0 Å². The summed E-state index contributed by atoms with van der Waals surface area (Å²) in [6.07, 6.45) is 3.30. The quantitative estimate of drug-likeness (QED) is 0.177. The van der Waals surface area contributed by atoms with E-state index in [-0.39, 0.29) is 19.6 Å². The van der Waals surface area contributed by atoms with Crippen molar-refractivity contribution >= 4 is 0 Å².